The van der Waals surface area contributed by atoms with Crippen molar-refractivity contribution < 1.29 is 80.2 Å². The molecule has 3 N–H and O–H groups in total. The van der Waals surface area contributed by atoms with Crippen LogP contribution in [0.1, 0.15) is 394 Å². The molecule has 19 heteroatoms. The Morgan fingerprint density at radius 3 is 0.867 bits per heavy atom. The molecule has 0 aromatic heterocycles. The second-order valence-electron chi connectivity index (χ2n) is 28.0. The van der Waals surface area contributed by atoms with Gasteiger partial charge < -0.3 is 33.8 Å². The van der Waals surface area contributed by atoms with Gasteiger partial charge in [0.25, 0.3) is 0 Å². The molecular formula is C79H150O17P2. The number of hydrogen-bond donors (Lipinski definition) is 3. The van der Waals surface area contributed by atoms with E-state index in [9.17, 15) is 43.2 Å². The highest BCUT2D eigenvalue weighted by atomic mass is 31.2. The predicted molar refractivity (Wildman–Crippen MR) is 400 cm³/mol. The summed E-state index contributed by atoms with van der Waals surface area (Å²) in [5.41, 5.74) is 0. The Hall–Kier alpha value is -2.46. The zero-order valence-corrected chi connectivity index (χ0v) is 65.2. The molecule has 0 aliphatic heterocycles. The highest BCUT2D eigenvalue weighted by Crippen LogP contribution is 2.45. The van der Waals surface area contributed by atoms with Gasteiger partial charge in [0.15, 0.2) is 12.2 Å². The molecule has 0 spiro atoms. The van der Waals surface area contributed by atoms with E-state index in [1.165, 1.54) is 193 Å². The van der Waals surface area contributed by atoms with E-state index in [4.69, 9.17) is 37.0 Å². The van der Waals surface area contributed by atoms with Crippen LogP contribution in [0, 0.1) is 5.92 Å². The molecule has 0 rings (SSSR count). The fourth-order valence-corrected chi connectivity index (χ4v) is 13.2. The summed E-state index contributed by atoms with van der Waals surface area (Å²) in [6.07, 6.45) is 64.6. The quantitative estimate of drug-likeness (QED) is 0.0169. The topological polar surface area (TPSA) is 237 Å². The third kappa shape index (κ3) is 70.6. The molecule has 0 aromatic rings. The monoisotopic (exact) mass is 1430 g/mol. The van der Waals surface area contributed by atoms with Gasteiger partial charge in [-0.2, -0.15) is 0 Å². The van der Waals surface area contributed by atoms with Crippen molar-refractivity contribution in [3.8, 4) is 0 Å². The summed E-state index contributed by atoms with van der Waals surface area (Å²) in [5.74, 6) is -1.27. The third-order valence-corrected chi connectivity index (χ3v) is 20.2. The average Bonchev–Trinajstić information content (AvgIpc) is 1.14. The zero-order chi connectivity index (χ0) is 71.9. The van der Waals surface area contributed by atoms with E-state index in [-0.39, 0.29) is 25.7 Å². The van der Waals surface area contributed by atoms with Crippen LogP contribution in [0.25, 0.3) is 0 Å². The number of carbonyl (C=O) groups excluding carboxylic acids is 4. The molecule has 0 bridgehead atoms. The minimum Gasteiger partial charge on any atom is -0.462 e. The first-order valence-electron chi connectivity index (χ1n) is 40.5. The van der Waals surface area contributed by atoms with Crippen molar-refractivity contribution >= 4 is 39.5 Å². The van der Waals surface area contributed by atoms with Gasteiger partial charge in [0.2, 0.25) is 0 Å². The molecule has 0 radical (unpaired) electrons. The van der Waals surface area contributed by atoms with Gasteiger partial charge in [-0.15, -0.1) is 0 Å². The minimum atomic E-state index is -4.97. The number of allylic oxidation sites excluding steroid dienone is 4. The molecule has 6 atom stereocenters. The number of aliphatic hydroxyl groups is 1. The summed E-state index contributed by atoms with van der Waals surface area (Å²) in [6, 6.07) is 0. The molecule has 0 aliphatic carbocycles. The molecule has 0 aliphatic rings. The Balaban J connectivity index is 5.21. The van der Waals surface area contributed by atoms with Crippen molar-refractivity contribution in [2.75, 3.05) is 39.6 Å². The summed E-state index contributed by atoms with van der Waals surface area (Å²) in [7, 11) is -9.92. The van der Waals surface area contributed by atoms with E-state index in [1.54, 1.807) is 0 Å². The average molecular weight is 1430 g/mol. The number of esters is 4. The first-order chi connectivity index (χ1) is 47.6. The van der Waals surface area contributed by atoms with E-state index in [1.807, 2.05) is 0 Å². The highest BCUT2D eigenvalue weighted by Gasteiger charge is 2.30. The third-order valence-electron chi connectivity index (χ3n) is 18.3. The number of hydrogen-bond acceptors (Lipinski definition) is 15. The number of aliphatic hydroxyl groups excluding tert-OH is 1. The fraction of sp³-hybridized carbons (Fsp3) is 0.899. The van der Waals surface area contributed by atoms with Gasteiger partial charge in [-0.1, -0.05) is 341 Å². The lowest BCUT2D eigenvalue weighted by Gasteiger charge is -2.21. The fourth-order valence-electron chi connectivity index (χ4n) is 11.7. The lowest BCUT2D eigenvalue weighted by atomic mass is 9.99. The molecule has 98 heavy (non-hydrogen) atoms. The lowest BCUT2D eigenvalue weighted by molar-refractivity contribution is -0.161. The van der Waals surface area contributed by atoms with E-state index >= 15 is 0 Å². The molecule has 0 saturated heterocycles. The second-order valence-corrected chi connectivity index (χ2v) is 30.9. The van der Waals surface area contributed by atoms with Crippen LogP contribution in [-0.2, 0) is 65.4 Å². The Kier molecular flexibility index (Phi) is 69.7. The van der Waals surface area contributed by atoms with Crippen molar-refractivity contribution in [2.45, 2.75) is 412 Å². The Morgan fingerprint density at radius 1 is 0.327 bits per heavy atom. The smallest absolute Gasteiger partial charge is 0.462 e. The van der Waals surface area contributed by atoms with Crippen LogP contribution in [0.15, 0.2) is 24.3 Å². The van der Waals surface area contributed by atoms with Crippen LogP contribution in [0.5, 0.6) is 0 Å². The van der Waals surface area contributed by atoms with Crippen molar-refractivity contribution in [3.05, 3.63) is 24.3 Å². The van der Waals surface area contributed by atoms with Crippen molar-refractivity contribution in [1.82, 2.24) is 0 Å². The van der Waals surface area contributed by atoms with Crippen LogP contribution in [-0.4, -0.2) is 96.7 Å². The van der Waals surface area contributed by atoms with Crippen molar-refractivity contribution in [2.24, 2.45) is 5.92 Å². The Labute approximate surface area is 599 Å². The molecule has 578 valence electrons. The van der Waals surface area contributed by atoms with Crippen LogP contribution >= 0.6 is 15.6 Å². The number of carbonyl (C=O) groups is 4. The molecule has 0 aromatic carbocycles. The molecule has 0 fully saturated rings. The standard InChI is InChI=1S/C79H150O17P2/c1-6-10-13-16-19-22-24-26-31-36-39-43-48-53-58-63-77(82)90-69-75(96-79(84)65-60-55-50-45-41-37-33-30-28-27-29-32-35-38-42-46-51-56-61-72(5)9-4)71-94-98(87,88)92-67-73(80)66-91-97(85,86)93-70-74(68-89-76(81)62-57-52-47-21-18-15-12-8-3)95-78(83)64-59-54-49-44-40-34-25-23-20-17-14-11-7-2/h22,24,26,31,72-75,80H,6-21,23,25,27-30,32-71H2,1-5H3,(H,85,86)(H,87,88)/b24-22-,31-26-/t72?,73-,74+,75+/m0/s1. The first kappa shape index (κ1) is 95.5. The van der Waals surface area contributed by atoms with Crippen LogP contribution in [0.3, 0.4) is 0 Å². The van der Waals surface area contributed by atoms with Gasteiger partial charge in [0.1, 0.15) is 19.3 Å². The highest BCUT2D eigenvalue weighted by molar-refractivity contribution is 7.47. The lowest BCUT2D eigenvalue weighted by Crippen LogP contribution is -2.30. The van der Waals surface area contributed by atoms with E-state index in [0.29, 0.717) is 25.7 Å². The summed E-state index contributed by atoms with van der Waals surface area (Å²) in [6.45, 7) is 7.28. The Morgan fingerprint density at radius 2 is 0.571 bits per heavy atom. The van der Waals surface area contributed by atoms with E-state index in [2.05, 4.69) is 58.9 Å². The number of rotatable bonds is 77. The maximum Gasteiger partial charge on any atom is 0.472 e. The van der Waals surface area contributed by atoms with Gasteiger partial charge in [0.05, 0.1) is 26.4 Å². The first-order valence-corrected chi connectivity index (χ1v) is 43.5. The molecule has 0 saturated carbocycles. The number of ether oxygens (including phenoxy) is 4. The normalized spacial score (nSPS) is 14.3. The summed E-state index contributed by atoms with van der Waals surface area (Å²) in [5, 5.41) is 10.6. The zero-order valence-electron chi connectivity index (χ0n) is 63.4. The van der Waals surface area contributed by atoms with Crippen LogP contribution < -0.4 is 0 Å². The van der Waals surface area contributed by atoms with E-state index < -0.39 is 97.5 Å². The Bertz CT molecular complexity index is 1970. The largest absolute Gasteiger partial charge is 0.472 e. The van der Waals surface area contributed by atoms with Crippen molar-refractivity contribution in [1.29, 1.82) is 0 Å². The maximum atomic E-state index is 13.1. The number of phosphoric ester groups is 2. The number of unbranched alkanes of at least 4 members (excludes halogenated alkanes) is 45. The van der Waals surface area contributed by atoms with Gasteiger partial charge in [-0.25, -0.2) is 9.13 Å². The van der Waals surface area contributed by atoms with Gasteiger partial charge in [-0.05, 0) is 57.3 Å². The minimum absolute atomic E-state index is 0.102. The molecule has 0 amide bonds. The van der Waals surface area contributed by atoms with Crippen LogP contribution in [0.2, 0.25) is 0 Å². The summed E-state index contributed by atoms with van der Waals surface area (Å²) in [4.78, 5) is 72.8. The second kappa shape index (κ2) is 71.5. The molecular weight excluding hydrogens is 1280 g/mol. The molecule has 0 heterocycles. The summed E-state index contributed by atoms with van der Waals surface area (Å²) >= 11 is 0. The summed E-state index contributed by atoms with van der Waals surface area (Å²) < 4.78 is 68.5. The van der Waals surface area contributed by atoms with Crippen LogP contribution in [0.4, 0.5) is 0 Å². The molecule has 3 unspecified atom stereocenters. The SMILES string of the molecule is CCCCCC/C=C\C=C/CCCCCCCC(=O)OC[C@H](COP(=O)(O)OC[C@@H](O)COP(=O)(O)OC[C@@H](COC(=O)CCCCCCCCCC)OC(=O)CCCCCCCCCCCCCCC)OC(=O)CCCCCCCCCCCCCCCCCCCCC(C)CC. The van der Waals surface area contributed by atoms with Gasteiger partial charge in [0, 0.05) is 25.7 Å². The predicted octanol–water partition coefficient (Wildman–Crippen LogP) is 23.2. The maximum absolute atomic E-state index is 13.1. The number of phosphoric acid groups is 2. The van der Waals surface area contributed by atoms with Gasteiger partial charge in [-0.3, -0.25) is 37.3 Å². The van der Waals surface area contributed by atoms with E-state index in [0.717, 1.165) is 121 Å². The van der Waals surface area contributed by atoms with Crippen molar-refractivity contribution in [3.63, 3.8) is 0 Å². The van der Waals surface area contributed by atoms with Gasteiger partial charge >= 0.3 is 39.5 Å². The molecule has 17 nitrogen and oxygen atoms in total.